The minimum atomic E-state index is -1.03. The average Bonchev–Trinajstić information content (AvgIpc) is 3.35. The van der Waals surface area contributed by atoms with Gasteiger partial charge in [0, 0.05) is 5.92 Å². The minimum Gasteiger partial charge on any atom is -0.481 e. The van der Waals surface area contributed by atoms with Crippen LogP contribution in [0.2, 0.25) is 0 Å². The molecule has 1 aromatic carbocycles. The molecule has 1 aliphatic carbocycles. The van der Waals surface area contributed by atoms with E-state index in [1.807, 2.05) is 24.3 Å². The van der Waals surface area contributed by atoms with Gasteiger partial charge in [-0.1, -0.05) is 31.2 Å². The van der Waals surface area contributed by atoms with Crippen molar-refractivity contribution in [1.29, 1.82) is 5.41 Å². The van der Waals surface area contributed by atoms with Crippen molar-refractivity contribution in [1.82, 2.24) is 0 Å². The Labute approximate surface area is 148 Å². The molecule has 1 saturated carbocycles. The van der Waals surface area contributed by atoms with E-state index in [9.17, 15) is 14.7 Å². The van der Waals surface area contributed by atoms with Crippen LogP contribution in [0.25, 0.3) is 0 Å². The van der Waals surface area contributed by atoms with E-state index in [2.05, 4.69) is 0 Å². The molecular weight excluding hydrogens is 318 g/mol. The van der Waals surface area contributed by atoms with Gasteiger partial charge in [0.15, 0.2) is 0 Å². The van der Waals surface area contributed by atoms with Gasteiger partial charge < -0.3 is 9.84 Å². The van der Waals surface area contributed by atoms with Gasteiger partial charge in [0.25, 0.3) is 0 Å². The third-order valence-electron chi connectivity index (χ3n) is 4.44. The number of aliphatic carboxylic acids is 1. The lowest BCUT2D eigenvalue weighted by molar-refractivity contribution is -0.146. The smallest absolute Gasteiger partial charge is 0.352 e. The number of ether oxygens (including phenoxy) is 1. The molecule has 1 fully saturated rings. The van der Waals surface area contributed by atoms with Crippen LogP contribution < -0.4 is 0 Å². The molecule has 5 heteroatoms. The number of esters is 1. The van der Waals surface area contributed by atoms with Crippen LogP contribution in [0.1, 0.15) is 69.9 Å². The number of carbonyl (C=O) groups is 2. The van der Waals surface area contributed by atoms with Crippen LogP contribution in [0.15, 0.2) is 24.3 Å². The quantitative estimate of drug-likeness (QED) is 0.575. The third-order valence-corrected chi connectivity index (χ3v) is 4.44. The topological polar surface area (TPSA) is 87.5 Å². The molecular formula is C20H27NO4. The molecule has 5 nitrogen and oxygen atoms in total. The van der Waals surface area contributed by atoms with Crippen molar-refractivity contribution in [2.24, 2.45) is 5.92 Å². The highest BCUT2D eigenvalue weighted by Crippen LogP contribution is 2.40. The monoisotopic (exact) mass is 345 g/mol. The van der Waals surface area contributed by atoms with Crippen LogP contribution in [0.4, 0.5) is 0 Å². The van der Waals surface area contributed by atoms with Crippen LogP contribution in [0, 0.1) is 11.3 Å². The fraction of sp³-hybridized carbons (Fsp3) is 0.550. The van der Waals surface area contributed by atoms with Crippen LogP contribution in [0.5, 0.6) is 0 Å². The molecule has 0 aliphatic heterocycles. The summed E-state index contributed by atoms with van der Waals surface area (Å²) in [5.74, 6) is -2.84. The zero-order chi connectivity index (χ0) is 18.8. The summed E-state index contributed by atoms with van der Waals surface area (Å²) in [6.45, 7) is 6.97. The van der Waals surface area contributed by atoms with E-state index >= 15 is 0 Å². The summed E-state index contributed by atoms with van der Waals surface area (Å²) in [6.07, 6.45) is 2.74. The summed E-state index contributed by atoms with van der Waals surface area (Å²) in [5.41, 5.74) is 0.850. The predicted octanol–water partition coefficient (Wildman–Crippen LogP) is 4.12. The number of nitrogens with one attached hydrogen (secondary N) is 1. The summed E-state index contributed by atoms with van der Waals surface area (Å²) in [4.78, 5) is 24.1. The van der Waals surface area contributed by atoms with Gasteiger partial charge in [0.2, 0.25) is 0 Å². The lowest BCUT2D eigenvalue weighted by Crippen LogP contribution is -2.36. The Morgan fingerprint density at radius 3 is 2.20 bits per heavy atom. The van der Waals surface area contributed by atoms with Crippen LogP contribution in [-0.4, -0.2) is 28.4 Å². The number of carbonyl (C=O) groups excluding carboxylic acids is 1. The zero-order valence-corrected chi connectivity index (χ0v) is 15.3. The first-order chi connectivity index (χ1) is 11.6. The molecule has 0 saturated heterocycles. The van der Waals surface area contributed by atoms with Crippen molar-refractivity contribution in [3.63, 3.8) is 0 Å². The second-order valence-corrected chi connectivity index (χ2v) is 7.69. The molecule has 2 atom stereocenters. The Morgan fingerprint density at radius 1 is 1.24 bits per heavy atom. The van der Waals surface area contributed by atoms with Crippen LogP contribution >= 0.6 is 0 Å². The first kappa shape index (κ1) is 19.2. The van der Waals surface area contributed by atoms with Gasteiger partial charge in [-0.2, -0.15) is 0 Å². The maximum absolute atomic E-state index is 12.2. The predicted molar refractivity (Wildman–Crippen MR) is 96.1 cm³/mol. The van der Waals surface area contributed by atoms with E-state index in [0.717, 1.165) is 0 Å². The normalized spacial score (nSPS) is 16.8. The fourth-order valence-electron chi connectivity index (χ4n) is 3.03. The Balaban J connectivity index is 2.24. The van der Waals surface area contributed by atoms with Gasteiger partial charge in [0.1, 0.15) is 11.3 Å². The molecule has 0 radical (unpaired) electrons. The first-order valence-electron chi connectivity index (χ1n) is 8.78. The highest BCUT2D eigenvalue weighted by atomic mass is 16.6. The van der Waals surface area contributed by atoms with Crippen molar-refractivity contribution >= 4 is 17.7 Å². The molecule has 1 aromatic rings. The summed E-state index contributed by atoms with van der Waals surface area (Å²) in [7, 11) is 0. The zero-order valence-electron chi connectivity index (χ0n) is 15.3. The molecule has 0 bridgehead atoms. The van der Waals surface area contributed by atoms with E-state index in [-0.39, 0.29) is 5.71 Å². The number of carboxylic acid groups (broad SMARTS) is 1. The molecule has 0 unspecified atom stereocenters. The standard InChI is InChI=1S/C20H27NO4/c1-5-15(17(21)19(24)25-20(2,3)4)16(18(22)23)14-10-8-13(9-11-14)12-6-7-12/h8-12,15-16,21H,5-7H2,1-4H3,(H,22,23)/t15-,16+/m0/s1. The molecule has 2 N–H and O–H groups in total. The van der Waals surface area contributed by atoms with Crippen LogP contribution in [0.3, 0.4) is 0 Å². The molecule has 1 aliphatic rings. The van der Waals surface area contributed by atoms with Crippen molar-refractivity contribution in [2.45, 2.75) is 64.4 Å². The maximum Gasteiger partial charge on any atom is 0.352 e. The fourth-order valence-corrected chi connectivity index (χ4v) is 3.03. The van der Waals surface area contributed by atoms with Crippen molar-refractivity contribution < 1.29 is 19.4 Å². The molecule has 0 spiro atoms. The Morgan fingerprint density at radius 2 is 1.80 bits per heavy atom. The summed E-state index contributed by atoms with van der Waals surface area (Å²) in [6, 6.07) is 7.56. The van der Waals surface area contributed by atoms with Gasteiger partial charge in [-0.05, 0) is 57.1 Å². The van der Waals surface area contributed by atoms with Gasteiger partial charge in [-0.25, -0.2) is 4.79 Å². The van der Waals surface area contributed by atoms with Crippen molar-refractivity contribution in [3.8, 4) is 0 Å². The van der Waals surface area contributed by atoms with Gasteiger partial charge >= 0.3 is 11.9 Å². The second-order valence-electron chi connectivity index (χ2n) is 7.69. The molecule has 0 aromatic heterocycles. The lowest BCUT2D eigenvalue weighted by Gasteiger charge is -2.26. The largest absolute Gasteiger partial charge is 0.481 e. The third kappa shape index (κ3) is 4.91. The number of hydrogen-bond acceptors (Lipinski definition) is 4. The molecule has 0 amide bonds. The summed E-state index contributed by atoms with van der Waals surface area (Å²) < 4.78 is 5.25. The molecule has 136 valence electrons. The highest BCUT2D eigenvalue weighted by molar-refractivity contribution is 6.36. The van der Waals surface area contributed by atoms with Gasteiger partial charge in [-0.15, -0.1) is 0 Å². The number of hydrogen-bond donors (Lipinski definition) is 2. The van der Waals surface area contributed by atoms with E-state index < -0.39 is 29.4 Å². The summed E-state index contributed by atoms with van der Waals surface area (Å²) >= 11 is 0. The average molecular weight is 345 g/mol. The molecule has 25 heavy (non-hydrogen) atoms. The van der Waals surface area contributed by atoms with Gasteiger partial charge in [-0.3, -0.25) is 10.2 Å². The SMILES string of the molecule is CC[C@H](C(=N)C(=O)OC(C)(C)C)[C@H](C(=O)O)c1ccc(C2CC2)cc1. The molecule has 2 rings (SSSR count). The first-order valence-corrected chi connectivity index (χ1v) is 8.78. The molecule has 0 heterocycles. The number of rotatable bonds is 7. The summed E-state index contributed by atoms with van der Waals surface area (Å²) in [5, 5.41) is 17.9. The van der Waals surface area contributed by atoms with E-state index in [1.54, 1.807) is 27.7 Å². The van der Waals surface area contributed by atoms with Gasteiger partial charge in [0.05, 0.1) is 5.92 Å². The Bertz CT molecular complexity index is 653. The second kappa shape index (κ2) is 7.38. The van der Waals surface area contributed by atoms with E-state index in [1.165, 1.54) is 18.4 Å². The van der Waals surface area contributed by atoms with E-state index in [0.29, 0.717) is 17.9 Å². The Kier molecular flexibility index (Phi) is 5.65. The lowest BCUT2D eigenvalue weighted by atomic mass is 9.80. The van der Waals surface area contributed by atoms with Crippen LogP contribution in [-0.2, 0) is 14.3 Å². The van der Waals surface area contributed by atoms with Crippen molar-refractivity contribution in [3.05, 3.63) is 35.4 Å². The number of benzene rings is 1. The van der Waals surface area contributed by atoms with Crippen molar-refractivity contribution in [2.75, 3.05) is 0 Å². The number of carboxylic acids is 1. The maximum atomic E-state index is 12.2. The highest BCUT2D eigenvalue weighted by Gasteiger charge is 2.36. The van der Waals surface area contributed by atoms with E-state index in [4.69, 9.17) is 10.1 Å². The minimum absolute atomic E-state index is 0.281. The Hall–Kier alpha value is -2.17.